The maximum atomic E-state index is 13.9. The average molecular weight is 296 g/mol. The molecule has 17 heavy (non-hydrogen) atoms. The number of alkyl halides is 1. The van der Waals surface area contributed by atoms with E-state index in [1.165, 1.54) is 0 Å². The van der Waals surface area contributed by atoms with Crippen molar-refractivity contribution in [2.45, 2.75) is 25.6 Å². The monoisotopic (exact) mass is 295 g/mol. The van der Waals surface area contributed by atoms with Crippen molar-refractivity contribution >= 4 is 15.9 Å². The lowest BCUT2D eigenvalue weighted by molar-refractivity contribution is 0.328. The van der Waals surface area contributed by atoms with Crippen LogP contribution < -0.4 is 0 Å². The Balaban J connectivity index is 2.10. The van der Waals surface area contributed by atoms with Crippen LogP contribution >= 0.6 is 15.9 Å². The molecule has 2 heterocycles. The number of rotatable bonds is 1. The van der Waals surface area contributed by atoms with Crippen molar-refractivity contribution < 1.29 is 4.39 Å². The second kappa shape index (κ2) is 3.91. The molecule has 0 amide bonds. The SMILES string of the molecule is Cc1ccccc1C1CC(F)c2nc(Br)nn21. The topological polar surface area (TPSA) is 30.7 Å². The summed E-state index contributed by atoms with van der Waals surface area (Å²) in [7, 11) is 0. The third kappa shape index (κ3) is 1.69. The number of aromatic nitrogens is 3. The summed E-state index contributed by atoms with van der Waals surface area (Å²) < 4.78 is 16.0. The first-order valence-electron chi connectivity index (χ1n) is 5.48. The molecule has 0 N–H and O–H groups in total. The van der Waals surface area contributed by atoms with Gasteiger partial charge in [0.2, 0.25) is 4.73 Å². The highest BCUT2D eigenvalue weighted by Gasteiger charge is 2.35. The van der Waals surface area contributed by atoms with Gasteiger partial charge in [0.25, 0.3) is 0 Å². The number of halogens is 2. The van der Waals surface area contributed by atoms with Gasteiger partial charge < -0.3 is 0 Å². The Morgan fingerprint density at radius 1 is 1.41 bits per heavy atom. The number of aryl methyl sites for hydroxylation is 1. The van der Waals surface area contributed by atoms with Crippen molar-refractivity contribution in [2.75, 3.05) is 0 Å². The fourth-order valence-corrected chi connectivity index (χ4v) is 2.72. The van der Waals surface area contributed by atoms with E-state index in [2.05, 4.69) is 26.0 Å². The van der Waals surface area contributed by atoms with Gasteiger partial charge in [-0.25, -0.2) is 14.1 Å². The summed E-state index contributed by atoms with van der Waals surface area (Å²) in [5, 5.41) is 4.22. The van der Waals surface area contributed by atoms with Crippen LogP contribution in [0, 0.1) is 6.92 Å². The van der Waals surface area contributed by atoms with Gasteiger partial charge in [0.1, 0.15) is 0 Å². The summed E-state index contributed by atoms with van der Waals surface area (Å²) in [5.74, 6) is 0.421. The van der Waals surface area contributed by atoms with Crippen LogP contribution in [0.4, 0.5) is 4.39 Å². The van der Waals surface area contributed by atoms with Crippen LogP contribution in [0.5, 0.6) is 0 Å². The molecule has 2 aromatic rings. The molecule has 3 nitrogen and oxygen atoms in total. The van der Waals surface area contributed by atoms with Crippen LogP contribution in [0.1, 0.15) is 35.6 Å². The molecule has 0 fully saturated rings. The van der Waals surface area contributed by atoms with Gasteiger partial charge >= 0.3 is 0 Å². The van der Waals surface area contributed by atoms with E-state index in [0.29, 0.717) is 17.0 Å². The Morgan fingerprint density at radius 2 is 2.18 bits per heavy atom. The Labute approximate surface area is 107 Å². The summed E-state index contributed by atoms with van der Waals surface area (Å²) in [6, 6.07) is 7.97. The zero-order valence-corrected chi connectivity index (χ0v) is 10.9. The van der Waals surface area contributed by atoms with Crippen molar-refractivity contribution in [3.63, 3.8) is 0 Å². The number of hydrogen-bond donors (Lipinski definition) is 0. The summed E-state index contributed by atoms with van der Waals surface area (Å²) in [5.41, 5.74) is 2.27. The smallest absolute Gasteiger partial charge is 0.217 e. The molecule has 0 spiro atoms. The third-order valence-electron chi connectivity index (χ3n) is 3.18. The highest BCUT2D eigenvalue weighted by molar-refractivity contribution is 9.10. The van der Waals surface area contributed by atoms with Crippen molar-refractivity contribution in [3.8, 4) is 0 Å². The Bertz CT molecular complexity index is 567. The van der Waals surface area contributed by atoms with E-state index in [1.54, 1.807) is 4.68 Å². The van der Waals surface area contributed by atoms with Gasteiger partial charge in [-0.05, 0) is 34.0 Å². The fraction of sp³-hybridized carbons (Fsp3) is 0.333. The van der Waals surface area contributed by atoms with Crippen molar-refractivity contribution in [3.05, 3.63) is 46.0 Å². The van der Waals surface area contributed by atoms with Crippen LogP contribution in [0.2, 0.25) is 0 Å². The predicted molar refractivity (Wildman–Crippen MR) is 65.5 cm³/mol. The lowest BCUT2D eigenvalue weighted by atomic mass is 9.99. The Morgan fingerprint density at radius 3 is 2.94 bits per heavy atom. The minimum absolute atomic E-state index is 0.0417. The predicted octanol–water partition coefficient (Wildman–Crippen LogP) is 3.35. The number of benzene rings is 1. The summed E-state index contributed by atoms with van der Waals surface area (Å²) in [6.07, 6.45) is -0.605. The summed E-state index contributed by atoms with van der Waals surface area (Å²) in [4.78, 5) is 4.07. The van der Waals surface area contributed by atoms with Gasteiger partial charge in [-0.15, -0.1) is 5.10 Å². The zero-order chi connectivity index (χ0) is 12.0. The first-order chi connectivity index (χ1) is 8.16. The fourth-order valence-electron chi connectivity index (χ4n) is 2.37. The first kappa shape index (κ1) is 10.9. The second-order valence-corrected chi connectivity index (χ2v) is 4.97. The molecule has 0 saturated carbocycles. The number of fused-ring (bicyclic) bond motifs is 1. The van der Waals surface area contributed by atoms with Crippen LogP contribution in [-0.4, -0.2) is 14.8 Å². The van der Waals surface area contributed by atoms with Crippen LogP contribution in [0.3, 0.4) is 0 Å². The highest BCUT2D eigenvalue weighted by Crippen LogP contribution is 2.40. The molecular weight excluding hydrogens is 285 g/mol. The first-order valence-corrected chi connectivity index (χ1v) is 6.27. The Kier molecular flexibility index (Phi) is 2.50. The molecule has 88 valence electrons. The third-order valence-corrected chi connectivity index (χ3v) is 3.52. The number of nitrogens with zero attached hydrogens (tertiary/aromatic N) is 3. The summed E-state index contributed by atoms with van der Waals surface area (Å²) in [6.45, 7) is 2.03. The molecule has 0 bridgehead atoms. The lowest BCUT2D eigenvalue weighted by Crippen LogP contribution is -2.08. The van der Waals surface area contributed by atoms with E-state index >= 15 is 0 Å². The molecule has 3 rings (SSSR count). The molecule has 1 aromatic carbocycles. The van der Waals surface area contributed by atoms with Gasteiger partial charge in [-0.3, -0.25) is 0 Å². The quantitative estimate of drug-likeness (QED) is 0.808. The minimum Gasteiger partial charge on any atom is -0.239 e. The lowest BCUT2D eigenvalue weighted by Gasteiger charge is -2.14. The van der Waals surface area contributed by atoms with Gasteiger partial charge in [0.05, 0.1) is 6.04 Å². The van der Waals surface area contributed by atoms with Crippen LogP contribution in [-0.2, 0) is 0 Å². The van der Waals surface area contributed by atoms with Gasteiger partial charge in [-0.2, -0.15) is 0 Å². The molecule has 1 aliphatic heterocycles. The van der Waals surface area contributed by atoms with Gasteiger partial charge in [-0.1, -0.05) is 24.3 Å². The maximum absolute atomic E-state index is 13.9. The molecular formula is C12H11BrFN3. The van der Waals surface area contributed by atoms with Gasteiger partial charge in [0, 0.05) is 6.42 Å². The van der Waals surface area contributed by atoms with Crippen LogP contribution in [0.25, 0.3) is 0 Å². The van der Waals surface area contributed by atoms with Crippen molar-refractivity contribution in [1.82, 2.24) is 14.8 Å². The largest absolute Gasteiger partial charge is 0.239 e. The molecule has 0 aliphatic carbocycles. The molecule has 2 atom stereocenters. The maximum Gasteiger partial charge on any atom is 0.217 e. The normalized spacial score (nSPS) is 22.8. The average Bonchev–Trinajstić information content (AvgIpc) is 2.80. The molecule has 0 radical (unpaired) electrons. The molecule has 1 aliphatic rings. The Hall–Kier alpha value is -1.23. The van der Waals surface area contributed by atoms with Gasteiger partial charge in [0.15, 0.2) is 12.0 Å². The molecule has 5 heteroatoms. The summed E-state index contributed by atoms with van der Waals surface area (Å²) >= 11 is 3.19. The van der Waals surface area contributed by atoms with Crippen molar-refractivity contribution in [1.29, 1.82) is 0 Å². The molecule has 2 unspecified atom stereocenters. The second-order valence-electron chi connectivity index (χ2n) is 4.26. The van der Waals surface area contributed by atoms with Crippen molar-refractivity contribution in [2.24, 2.45) is 0 Å². The van der Waals surface area contributed by atoms with E-state index in [4.69, 9.17) is 0 Å². The molecule has 1 aromatic heterocycles. The minimum atomic E-state index is -1.03. The molecule has 0 saturated heterocycles. The van der Waals surface area contributed by atoms with Crippen LogP contribution in [0.15, 0.2) is 29.0 Å². The number of hydrogen-bond acceptors (Lipinski definition) is 2. The zero-order valence-electron chi connectivity index (χ0n) is 9.27. The van der Waals surface area contributed by atoms with E-state index in [1.807, 2.05) is 31.2 Å². The highest BCUT2D eigenvalue weighted by atomic mass is 79.9. The standard InChI is InChI=1S/C12H11BrFN3/c1-7-4-2-3-5-8(7)10-6-9(14)11-15-12(13)16-17(10)11/h2-5,9-10H,6H2,1H3. The van der Waals surface area contributed by atoms with E-state index < -0.39 is 6.17 Å². The van der Waals surface area contributed by atoms with E-state index in [-0.39, 0.29) is 6.04 Å². The van der Waals surface area contributed by atoms with E-state index in [0.717, 1.165) is 11.1 Å². The van der Waals surface area contributed by atoms with E-state index in [9.17, 15) is 4.39 Å².